The van der Waals surface area contributed by atoms with Gasteiger partial charge in [0.15, 0.2) is 5.92 Å². The second kappa shape index (κ2) is 5.25. The molecule has 4 N–H and O–H groups in total. The van der Waals surface area contributed by atoms with E-state index in [1.54, 1.807) is 0 Å². The fourth-order valence-electron chi connectivity index (χ4n) is 2.58. The molecule has 8 heteroatoms. The summed E-state index contributed by atoms with van der Waals surface area (Å²) < 4.78 is 0. The lowest BCUT2D eigenvalue weighted by Gasteiger charge is -2.37. The molecule has 1 aliphatic rings. The van der Waals surface area contributed by atoms with Crippen molar-refractivity contribution in [1.29, 1.82) is 0 Å². The summed E-state index contributed by atoms with van der Waals surface area (Å²) in [5.41, 5.74) is -1.94. The van der Waals surface area contributed by atoms with E-state index in [0.717, 1.165) is 0 Å². The zero-order valence-electron chi connectivity index (χ0n) is 9.90. The summed E-state index contributed by atoms with van der Waals surface area (Å²) in [5.74, 6) is -8.85. The number of carboxylic acid groups (broad SMARTS) is 4. The van der Waals surface area contributed by atoms with Crippen LogP contribution in [0.4, 0.5) is 0 Å². The van der Waals surface area contributed by atoms with Crippen molar-refractivity contribution in [2.24, 2.45) is 17.3 Å². The summed E-state index contributed by atoms with van der Waals surface area (Å²) in [6.07, 6.45) is -0.636. The van der Waals surface area contributed by atoms with Gasteiger partial charge in [-0.05, 0) is 25.7 Å². The van der Waals surface area contributed by atoms with Gasteiger partial charge in [0.1, 0.15) is 0 Å². The second-order valence-corrected chi connectivity index (χ2v) is 4.68. The number of hydrogen-bond acceptors (Lipinski definition) is 4. The third-order valence-electron chi connectivity index (χ3n) is 3.70. The molecule has 0 heterocycles. The van der Waals surface area contributed by atoms with E-state index in [2.05, 4.69) is 0 Å². The fraction of sp³-hybridized carbons (Fsp3) is 0.636. The quantitative estimate of drug-likeness (QED) is 0.516. The van der Waals surface area contributed by atoms with Crippen LogP contribution in [0.2, 0.25) is 0 Å². The Balaban J connectivity index is 3.07. The number of carboxylic acids is 4. The first kappa shape index (κ1) is 14.9. The molecule has 0 aliphatic heterocycles. The van der Waals surface area contributed by atoms with Crippen molar-refractivity contribution in [2.75, 3.05) is 0 Å². The predicted octanol–water partition coefficient (Wildman–Crippen LogP) is 0.118. The number of carbonyl (C=O) groups is 4. The van der Waals surface area contributed by atoms with Gasteiger partial charge < -0.3 is 20.4 Å². The molecule has 19 heavy (non-hydrogen) atoms. The van der Waals surface area contributed by atoms with E-state index in [1.807, 2.05) is 0 Å². The minimum Gasteiger partial charge on any atom is -0.481 e. The highest BCUT2D eigenvalue weighted by Gasteiger charge is 2.55. The summed E-state index contributed by atoms with van der Waals surface area (Å²) in [6.45, 7) is 0. The molecule has 1 rings (SSSR count). The molecule has 0 aromatic rings. The van der Waals surface area contributed by atoms with Crippen LogP contribution in [0.15, 0.2) is 0 Å². The van der Waals surface area contributed by atoms with E-state index in [-0.39, 0.29) is 25.7 Å². The van der Waals surface area contributed by atoms with E-state index in [0.29, 0.717) is 0 Å². The van der Waals surface area contributed by atoms with Gasteiger partial charge in [0.2, 0.25) is 0 Å². The molecule has 8 nitrogen and oxygen atoms in total. The number of hydrogen-bond donors (Lipinski definition) is 4. The molecule has 0 radical (unpaired) electrons. The van der Waals surface area contributed by atoms with Crippen LogP contribution < -0.4 is 0 Å². The highest BCUT2D eigenvalue weighted by atomic mass is 16.4. The molecule has 0 spiro atoms. The Hall–Kier alpha value is -2.12. The summed E-state index contributed by atoms with van der Waals surface area (Å²) in [6, 6.07) is 0. The van der Waals surface area contributed by atoms with Crippen LogP contribution >= 0.6 is 0 Å². The molecule has 1 saturated carbocycles. The first-order valence-electron chi connectivity index (χ1n) is 5.64. The molecule has 0 amide bonds. The van der Waals surface area contributed by atoms with Crippen molar-refractivity contribution >= 4 is 23.9 Å². The van der Waals surface area contributed by atoms with Crippen LogP contribution in [0.5, 0.6) is 0 Å². The number of rotatable bonds is 5. The molecule has 0 atom stereocenters. The lowest BCUT2D eigenvalue weighted by molar-refractivity contribution is -0.176. The fourth-order valence-corrected chi connectivity index (χ4v) is 2.58. The molecular weight excluding hydrogens is 260 g/mol. The van der Waals surface area contributed by atoms with Crippen molar-refractivity contribution in [3.05, 3.63) is 0 Å². The lowest BCUT2D eigenvalue weighted by atomic mass is 9.63. The van der Waals surface area contributed by atoms with Gasteiger partial charge >= 0.3 is 23.9 Å². The SMILES string of the molecule is O=C(O)C1CCC(C(=O)O)(C(C(=O)O)C(=O)O)CC1. The zero-order chi connectivity index (χ0) is 14.8. The van der Waals surface area contributed by atoms with Crippen molar-refractivity contribution in [1.82, 2.24) is 0 Å². The van der Waals surface area contributed by atoms with Gasteiger partial charge in [-0.15, -0.1) is 0 Å². The lowest BCUT2D eigenvalue weighted by Crippen LogP contribution is -2.49. The molecule has 1 aliphatic carbocycles. The molecule has 0 bridgehead atoms. The van der Waals surface area contributed by atoms with Crippen molar-refractivity contribution < 1.29 is 39.6 Å². The molecule has 0 saturated heterocycles. The summed E-state index contributed by atoms with van der Waals surface area (Å²) in [5, 5.41) is 35.9. The molecule has 106 valence electrons. The minimum atomic E-state index is -2.07. The van der Waals surface area contributed by atoms with Crippen molar-refractivity contribution in [2.45, 2.75) is 25.7 Å². The number of aliphatic carboxylic acids is 4. The highest BCUT2D eigenvalue weighted by Crippen LogP contribution is 2.45. The maximum Gasteiger partial charge on any atom is 0.319 e. The smallest absolute Gasteiger partial charge is 0.319 e. The molecule has 0 unspecified atom stereocenters. The van der Waals surface area contributed by atoms with Crippen LogP contribution in [0.25, 0.3) is 0 Å². The van der Waals surface area contributed by atoms with Crippen LogP contribution in [0, 0.1) is 17.3 Å². The summed E-state index contributed by atoms with van der Waals surface area (Å²) >= 11 is 0. The van der Waals surface area contributed by atoms with Gasteiger partial charge in [-0.25, -0.2) is 0 Å². The molecular formula is C11H14O8. The summed E-state index contributed by atoms with van der Waals surface area (Å²) in [7, 11) is 0. The van der Waals surface area contributed by atoms with Gasteiger partial charge in [-0.2, -0.15) is 0 Å². The Morgan fingerprint density at radius 2 is 1.32 bits per heavy atom. The van der Waals surface area contributed by atoms with Crippen LogP contribution in [-0.4, -0.2) is 44.3 Å². The Labute approximate surface area is 107 Å². The van der Waals surface area contributed by atoms with E-state index < -0.39 is 41.1 Å². The average Bonchev–Trinajstić information content (AvgIpc) is 2.28. The van der Waals surface area contributed by atoms with Gasteiger partial charge in [0.25, 0.3) is 0 Å². The third kappa shape index (κ3) is 2.67. The van der Waals surface area contributed by atoms with Gasteiger partial charge in [0, 0.05) is 0 Å². The van der Waals surface area contributed by atoms with Crippen LogP contribution in [0.1, 0.15) is 25.7 Å². The monoisotopic (exact) mass is 274 g/mol. The Morgan fingerprint density at radius 1 is 0.895 bits per heavy atom. The van der Waals surface area contributed by atoms with E-state index in [4.69, 9.17) is 15.3 Å². The maximum atomic E-state index is 11.3. The summed E-state index contributed by atoms with van der Waals surface area (Å²) in [4.78, 5) is 44.1. The maximum absolute atomic E-state index is 11.3. The second-order valence-electron chi connectivity index (χ2n) is 4.68. The Morgan fingerprint density at radius 3 is 1.58 bits per heavy atom. The van der Waals surface area contributed by atoms with Crippen molar-refractivity contribution in [3.63, 3.8) is 0 Å². The Bertz CT molecular complexity index is 404. The first-order chi connectivity index (χ1) is 8.72. The topological polar surface area (TPSA) is 149 Å². The van der Waals surface area contributed by atoms with Crippen LogP contribution in [0.3, 0.4) is 0 Å². The third-order valence-corrected chi connectivity index (χ3v) is 3.70. The zero-order valence-corrected chi connectivity index (χ0v) is 9.90. The highest BCUT2D eigenvalue weighted by molar-refractivity contribution is 5.99. The first-order valence-corrected chi connectivity index (χ1v) is 5.64. The average molecular weight is 274 g/mol. The largest absolute Gasteiger partial charge is 0.481 e. The van der Waals surface area contributed by atoms with Gasteiger partial charge in [0.05, 0.1) is 11.3 Å². The van der Waals surface area contributed by atoms with E-state index in [9.17, 15) is 24.3 Å². The van der Waals surface area contributed by atoms with Gasteiger partial charge in [-0.3, -0.25) is 19.2 Å². The molecule has 1 fully saturated rings. The minimum absolute atomic E-state index is 0.0430. The molecule has 0 aromatic heterocycles. The van der Waals surface area contributed by atoms with E-state index in [1.165, 1.54) is 0 Å². The standard InChI is InChI=1S/C11H14O8/c12-7(13)5-1-3-11(4-2-5,10(18)19)6(8(14)15)9(16)17/h5-6H,1-4H2,(H,12,13)(H,14,15)(H,16,17)(H,18,19). The molecule has 0 aromatic carbocycles. The van der Waals surface area contributed by atoms with Crippen molar-refractivity contribution in [3.8, 4) is 0 Å². The van der Waals surface area contributed by atoms with Crippen LogP contribution in [-0.2, 0) is 19.2 Å². The normalized spacial score (nSPS) is 26.9. The predicted molar refractivity (Wildman–Crippen MR) is 58.4 cm³/mol. The van der Waals surface area contributed by atoms with E-state index >= 15 is 0 Å². The Kier molecular flexibility index (Phi) is 4.13. The van der Waals surface area contributed by atoms with Gasteiger partial charge in [-0.1, -0.05) is 0 Å².